The first-order valence-corrected chi connectivity index (χ1v) is 7.78. The van der Waals surface area contributed by atoms with E-state index in [0.717, 1.165) is 55.8 Å². The van der Waals surface area contributed by atoms with Crippen molar-refractivity contribution in [2.75, 3.05) is 47.6 Å². The van der Waals surface area contributed by atoms with Crippen LogP contribution in [0.5, 0.6) is 0 Å². The smallest absolute Gasteiger partial charge is 0.158 e. The molecule has 0 saturated carbocycles. The van der Waals surface area contributed by atoms with E-state index in [0.29, 0.717) is 5.92 Å². The minimum Gasteiger partial charge on any atom is -0.497 e. The summed E-state index contributed by atoms with van der Waals surface area (Å²) >= 11 is 0. The topological polar surface area (TPSA) is 46.5 Å². The lowest BCUT2D eigenvalue weighted by atomic mass is 9.88. The second-order valence-corrected chi connectivity index (χ2v) is 5.91. The molecule has 1 fully saturated rings. The molecule has 2 aliphatic heterocycles. The summed E-state index contributed by atoms with van der Waals surface area (Å²) in [5.41, 5.74) is 1.09. The third-order valence-corrected chi connectivity index (χ3v) is 4.78. The lowest BCUT2D eigenvalue weighted by molar-refractivity contribution is -0.0299. The zero-order valence-electron chi connectivity index (χ0n) is 13.8. The molecule has 0 amide bonds. The Hall–Kier alpha value is -1.53. The largest absolute Gasteiger partial charge is 0.497 e. The van der Waals surface area contributed by atoms with Gasteiger partial charge in [0.25, 0.3) is 0 Å². The van der Waals surface area contributed by atoms with Crippen LogP contribution in [0, 0.1) is 5.92 Å². The van der Waals surface area contributed by atoms with E-state index < -0.39 is 0 Å². The molecule has 0 radical (unpaired) electrons. The summed E-state index contributed by atoms with van der Waals surface area (Å²) < 4.78 is 16.5. The standard InChI is InChI=1S/C16H25N3O3/c1-11-17-13-10-15(21-4)14(20-3)9-12(13)16(18(11)2)19-5-7-22-8-6-19/h10,12,16H,5-9H2,1-4H3. The van der Waals surface area contributed by atoms with Crippen LogP contribution in [0.2, 0.25) is 0 Å². The van der Waals surface area contributed by atoms with Gasteiger partial charge in [0.05, 0.1) is 39.3 Å². The molecule has 0 spiro atoms. The average molecular weight is 307 g/mol. The number of hydrogen-bond acceptors (Lipinski definition) is 6. The third-order valence-electron chi connectivity index (χ3n) is 4.78. The van der Waals surface area contributed by atoms with Crippen LogP contribution >= 0.6 is 0 Å². The Labute approximate surface area is 132 Å². The molecule has 3 rings (SSSR count). The van der Waals surface area contributed by atoms with E-state index in [1.807, 2.05) is 6.08 Å². The first-order chi connectivity index (χ1) is 10.7. The first kappa shape index (κ1) is 15.4. The highest BCUT2D eigenvalue weighted by molar-refractivity contribution is 5.82. The Morgan fingerprint density at radius 2 is 1.95 bits per heavy atom. The van der Waals surface area contributed by atoms with E-state index >= 15 is 0 Å². The fourth-order valence-corrected chi connectivity index (χ4v) is 3.53. The van der Waals surface area contributed by atoms with Crippen molar-refractivity contribution in [1.82, 2.24) is 9.80 Å². The summed E-state index contributed by atoms with van der Waals surface area (Å²) in [5, 5.41) is 0. The number of amidine groups is 1. The molecule has 1 aliphatic carbocycles. The zero-order valence-corrected chi connectivity index (χ0v) is 13.8. The van der Waals surface area contributed by atoms with Gasteiger partial charge in [0, 0.05) is 38.6 Å². The molecule has 2 unspecified atom stereocenters. The normalized spacial score (nSPS) is 29.7. The molecule has 6 nitrogen and oxygen atoms in total. The van der Waals surface area contributed by atoms with Gasteiger partial charge < -0.3 is 19.1 Å². The fraction of sp³-hybridized carbons (Fsp3) is 0.688. The van der Waals surface area contributed by atoms with E-state index in [9.17, 15) is 0 Å². The van der Waals surface area contributed by atoms with Gasteiger partial charge in [-0.3, -0.25) is 4.90 Å². The summed E-state index contributed by atoms with van der Waals surface area (Å²) in [6.07, 6.45) is 3.13. The second-order valence-electron chi connectivity index (χ2n) is 5.91. The van der Waals surface area contributed by atoms with Crippen molar-refractivity contribution in [3.63, 3.8) is 0 Å². The molecule has 2 heterocycles. The Morgan fingerprint density at radius 3 is 2.59 bits per heavy atom. The fourth-order valence-electron chi connectivity index (χ4n) is 3.53. The molecule has 0 aromatic heterocycles. The number of morpholine rings is 1. The lowest BCUT2D eigenvalue weighted by Gasteiger charge is -2.48. The van der Waals surface area contributed by atoms with Crippen molar-refractivity contribution in [3.8, 4) is 0 Å². The van der Waals surface area contributed by atoms with Crippen molar-refractivity contribution < 1.29 is 14.2 Å². The van der Waals surface area contributed by atoms with Crippen molar-refractivity contribution in [3.05, 3.63) is 23.3 Å². The predicted octanol–water partition coefficient (Wildman–Crippen LogP) is 1.42. The van der Waals surface area contributed by atoms with Crippen molar-refractivity contribution in [1.29, 1.82) is 0 Å². The van der Waals surface area contributed by atoms with Gasteiger partial charge in [-0.15, -0.1) is 0 Å². The Morgan fingerprint density at radius 1 is 1.23 bits per heavy atom. The van der Waals surface area contributed by atoms with Gasteiger partial charge in [0.1, 0.15) is 11.6 Å². The first-order valence-electron chi connectivity index (χ1n) is 7.78. The summed E-state index contributed by atoms with van der Waals surface area (Å²) in [4.78, 5) is 9.54. The Balaban J connectivity index is 1.95. The van der Waals surface area contributed by atoms with Crippen molar-refractivity contribution >= 4 is 5.84 Å². The molecule has 3 aliphatic rings. The number of allylic oxidation sites excluding steroid dienone is 2. The van der Waals surface area contributed by atoms with E-state index in [2.05, 4.69) is 23.8 Å². The van der Waals surface area contributed by atoms with Crippen molar-refractivity contribution in [2.24, 2.45) is 10.9 Å². The summed E-state index contributed by atoms with van der Waals surface area (Å²) in [5.74, 6) is 3.02. The lowest BCUT2D eigenvalue weighted by Crippen LogP contribution is -2.58. The van der Waals surface area contributed by atoms with Crippen LogP contribution < -0.4 is 0 Å². The number of hydrogen-bond donors (Lipinski definition) is 0. The van der Waals surface area contributed by atoms with Crippen LogP contribution in [0.15, 0.2) is 28.3 Å². The average Bonchev–Trinajstić information content (AvgIpc) is 2.55. The highest BCUT2D eigenvalue weighted by atomic mass is 16.5. The highest BCUT2D eigenvalue weighted by Gasteiger charge is 2.40. The van der Waals surface area contributed by atoms with E-state index in [1.54, 1.807) is 14.2 Å². The molecule has 0 aromatic carbocycles. The maximum absolute atomic E-state index is 5.54. The van der Waals surface area contributed by atoms with Crippen LogP contribution in [0.25, 0.3) is 0 Å². The molecule has 6 heteroatoms. The van der Waals surface area contributed by atoms with Crippen molar-refractivity contribution in [2.45, 2.75) is 19.5 Å². The van der Waals surface area contributed by atoms with Gasteiger partial charge in [0.2, 0.25) is 0 Å². The molecule has 0 N–H and O–H groups in total. The summed E-state index contributed by atoms with van der Waals surface area (Å²) in [6.45, 7) is 5.56. The molecular weight excluding hydrogens is 282 g/mol. The summed E-state index contributed by atoms with van der Waals surface area (Å²) in [6, 6.07) is 0. The monoisotopic (exact) mass is 307 g/mol. The Bertz CT molecular complexity index is 521. The van der Waals surface area contributed by atoms with Crippen LogP contribution in [0.4, 0.5) is 0 Å². The van der Waals surface area contributed by atoms with Gasteiger partial charge >= 0.3 is 0 Å². The maximum atomic E-state index is 5.54. The van der Waals surface area contributed by atoms with E-state index in [1.165, 1.54) is 0 Å². The number of methoxy groups -OCH3 is 2. The van der Waals surface area contributed by atoms with E-state index in [-0.39, 0.29) is 6.17 Å². The SMILES string of the molecule is COC1=C(OC)CC2C(=C1)N=C(C)N(C)C2N1CCOCC1. The number of nitrogens with zero attached hydrogens (tertiary/aromatic N) is 3. The van der Waals surface area contributed by atoms with Crippen LogP contribution in [0.1, 0.15) is 13.3 Å². The molecular formula is C16H25N3O3. The van der Waals surface area contributed by atoms with Gasteiger partial charge in [-0.05, 0) is 6.92 Å². The quantitative estimate of drug-likeness (QED) is 0.789. The Kier molecular flexibility index (Phi) is 4.40. The minimum absolute atomic E-state index is 0.288. The number of aliphatic imine (C=N–C) groups is 1. The molecule has 0 aromatic rings. The van der Waals surface area contributed by atoms with Crippen LogP contribution in [0.3, 0.4) is 0 Å². The highest BCUT2D eigenvalue weighted by Crippen LogP contribution is 2.38. The molecule has 2 atom stereocenters. The summed E-state index contributed by atoms with van der Waals surface area (Å²) in [7, 11) is 5.51. The molecule has 122 valence electrons. The zero-order chi connectivity index (χ0) is 15.7. The van der Waals surface area contributed by atoms with Crippen LogP contribution in [-0.4, -0.2) is 69.4 Å². The number of rotatable bonds is 3. The molecule has 22 heavy (non-hydrogen) atoms. The van der Waals surface area contributed by atoms with Gasteiger partial charge in [-0.2, -0.15) is 0 Å². The molecule has 1 saturated heterocycles. The number of fused-ring (bicyclic) bond motifs is 1. The van der Waals surface area contributed by atoms with Gasteiger partial charge in [0.15, 0.2) is 5.76 Å². The van der Waals surface area contributed by atoms with Gasteiger partial charge in [-0.1, -0.05) is 0 Å². The van der Waals surface area contributed by atoms with Gasteiger partial charge in [-0.25, -0.2) is 4.99 Å². The second kappa shape index (κ2) is 6.30. The predicted molar refractivity (Wildman–Crippen MR) is 84.3 cm³/mol. The van der Waals surface area contributed by atoms with E-state index in [4.69, 9.17) is 19.2 Å². The molecule has 0 bridgehead atoms. The number of ether oxygens (including phenoxy) is 3. The third kappa shape index (κ3) is 2.61. The maximum Gasteiger partial charge on any atom is 0.158 e. The minimum atomic E-state index is 0.288. The van der Waals surface area contributed by atoms with Crippen LogP contribution in [-0.2, 0) is 14.2 Å².